The van der Waals surface area contributed by atoms with Crippen LogP contribution in [-0.2, 0) is 11.2 Å². The van der Waals surface area contributed by atoms with Gasteiger partial charge in [0.25, 0.3) is 0 Å². The topological polar surface area (TPSA) is 54.7 Å². The van der Waals surface area contributed by atoms with Gasteiger partial charge in [0, 0.05) is 24.5 Å². The fourth-order valence-corrected chi connectivity index (χ4v) is 3.63. The van der Waals surface area contributed by atoms with Gasteiger partial charge in [-0.2, -0.15) is 0 Å². The molecule has 0 fully saturated rings. The highest BCUT2D eigenvalue weighted by Gasteiger charge is 2.20. The number of rotatable bonds is 9. The van der Waals surface area contributed by atoms with Crippen molar-refractivity contribution >= 4 is 17.5 Å². The van der Waals surface area contributed by atoms with Crippen molar-refractivity contribution in [3.63, 3.8) is 0 Å². The summed E-state index contributed by atoms with van der Waals surface area (Å²) < 4.78 is 11.3. The van der Waals surface area contributed by atoms with Crippen LogP contribution in [0.4, 0.5) is 16.2 Å². The molecule has 0 spiro atoms. The van der Waals surface area contributed by atoms with Gasteiger partial charge < -0.3 is 14.1 Å². The van der Waals surface area contributed by atoms with Gasteiger partial charge in [-0.1, -0.05) is 29.8 Å². The van der Waals surface area contributed by atoms with E-state index in [9.17, 15) is 4.79 Å². The quantitative estimate of drug-likeness (QED) is 0.420. The molecule has 1 N–H and O–H groups in total. The summed E-state index contributed by atoms with van der Waals surface area (Å²) in [5.74, 6) is 0.649. The first kappa shape index (κ1) is 22.5. The van der Waals surface area contributed by atoms with Crippen molar-refractivity contribution in [1.82, 2.24) is 0 Å². The molecule has 1 atom stereocenters. The molecule has 2 aromatic carbocycles. The molecule has 1 amide bonds. The molecule has 0 bridgehead atoms. The molecule has 0 aliphatic rings. The molecule has 0 aliphatic heterocycles. The van der Waals surface area contributed by atoms with Crippen LogP contribution in [0.2, 0.25) is 0 Å². The van der Waals surface area contributed by atoms with Crippen molar-refractivity contribution in [1.29, 1.82) is 0 Å². The number of anilines is 2. The van der Waals surface area contributed by atoms with E-state index in [1.54, 1.807) is 6.26 Å². The molecule has 1 heterocycles. The van der Waals surface area contributed by atoms with Gasteiger partial charge in [0.1, 0.15) is 5.76 Å². The molecule has 0 saturated heterocycles. The van der Waals surface area contributed by atoms with E-state index in [1.807, 2.05) is 31.2 Å². The Hall–Kier alpha value is -3.21. The highest BCUT2D eigenvalue weighted by Crippen LogP contribution is 2.26. The Kier molecular flexibility index (Phi) is 7.76. The van der Waals surface area contributed by atoms with Crippen molar-refractivity contribution in [3.8, 4) is 0 Å². The number of hydrogen-bond donors (Lipinski definition) is 1. The molecule has 5 heteroatoms. The number of nitrogens with one attached hydrogen (secondary N) is 1. The van der Waals surface area contributed by atoms with E-state index in [0.29, 0.717) is 12.2 Å². The van der Waals surface area contributed by atoms with E-state index in [4.69, 9.17) is 9.15 Å². The Morgan fingerprint density at radius 2 is 1.81 bits per heavy atom. The van der Waals surface area contributed by atoms with Crippen molar-refractivity contribution in [2.45, 2.75) is 46.6 Å². The Balaban J connectivity index is 1.65. The van der Waals surface area contributed by atoms with Crippen LogP contribution in [0, 0.1) is 13.8 Å². The lowest BCUT2D eigenvalue weighted by Gasteiger charge is -2.22. The van der Waals surface area contributed by atoms with Crippen LogP contribution in [0.15, 0.2) is 65.3 Å². The fraction of sp³-hybridized carbons (Fsp3) is 0.346. The first-order valence-corrected chi connectivity index (χ1v) is 10.9. The summed E-state index contributed by atoms with van der Waals surface area (Å²) in [7, 11) is 0. The largest absolute Gasteiger partial charge is 0.465 e. The first-order chi connectivity index (χ1) is 15.0. The molecule has 31 heavy (non-hydrogen) atoms. The molecule has 5 nitrogen and oxygen atoms in total. The molecular formula is C26H32N2O3. The molecule has 3 aromatic rings. The van der Waals surface area contributed by atoms with Gasteiger partial charge in [-0.25, -0.2) is 4.79 Å². The van der Waals surface area contributed by atoms with Crippen LogP contribution in [0.5, 0.6) is 0 Å². The van der Waals surface area contributed by atoms with Crippen LogP contribution < -0.4 is 10.2 Å². The average molecular weight is 421 g/mol. The number of carbonyl (C=O) groups is 1. The minimum atomic E-state index is -0.482. The third-order valence-electron chi connectivity index (χ3n) is 5.50. The van der Waals surface area contributed by atoms with Gasteiger partial charge in [0.05, 0.1) is 6.26 Å². The van der Waals surface area contributed by atoms with Gasteiger partial charge in [0.2, 0.25) is 0 Å². The standard InChI is InChI=1S/C26H32N2O3/c1-5-28(6-2)22-14-15-23(20(4)18-22)27-26(29)31-25(24-8-7-17-30-24)16-13-21-11-9-19(3)10-12-21/h7-12,14-15,17-18,25H,5-6,13,16H2,1-4H3,(H,27,29). The minimum absolute atomic E-state index is 0.452. The Morgan fingerprint density at radius 1 is 1.06 bits per heavy atom. The Labute approximate surface area is 185 Å². The van der Waals surface area contributed by atoms with E-state index in [-0.39, 0.29) is 0 Å². The lowest BCUT2D eigenvalue weighted by atomic mass is 10.0. The number of furan rings is 1. The second-order valence-electron chi connectivity index (χ2n) is 7.73. The molecule has 164 valence electrons. The maximum absolute atomic E-state index is 12.7. The van der Waals surface area contributed by atoms with Gasteiger partial charge in [-0.3, -0.25) is 5.32 Å². The molecule has 0 radical (unpaired) electrons. The highest BCUT2D eigenvalue weighted by atomic mass is 16.6. The lowest BCUT2D eigenvalue weighted by molar-refractivity contribution is 0.0914. The second-order valence-corrected chi connectivity index (χ2v) is 7.73. The van der Waals surface area contributed by atoms with Crippen molar-refractivity contribution in [2.75, 3.05) is 23.3 Å². The van der Waals surface area contributed by atoms with Crippen LogP contribution in [0.1, 0.15) is 48.8 Å². The van der Waals surface area contributed by atoms with E-state index >= 15 is 0 Å². The van der Waals surface area contributed by atoms with Gasteiger partial charge in [0.15, 0.2) is 6.10 Å². The summed E-state index contributed by atoms with van der Waals surface area (Å²) in [5, 5.41) is 2.89. The predicted octanol–water partition coefficient (Wildman–Crippen LogP) is 6.67. The monoisotopic (exact) mass is 420 g/mol. The number of aryl methyl sites for hydroxylation is 3. The molecular weight excluding hydrogens is 388 g/mol. The number of carbonyl (C=O) groups excluding carboxylic acids is 1. The summed E-state index contributed by atoms with van der Waals surface area (Å²) in [6.45, 7) is 10.2. The molecule has 3 rings (SSSR count). The first-order valence-electron chi connectivity index (χ1n) is 10.9. The van der Waals surface area contributed by atoms with Crippen molar-refractivity contribution in [2.24, 2.45) is 0 Å². The Bertz CT molecular complexity index is 961. The summed E-state index contributed by atoms with van der Waals surface area (Å²) in [6.07, 6.45) is 2.10. The SMILES string of the molecule is CCN(CC)c1ccc(NC(=O)OC(CCc2ccc(C)cc2)c2ccco2)c(C)c1. The number of benzene rings is 2. The number of hydrogen-bond acceptors (Lipinski definition) is 4. The number of nitrogens with zero attached hydrogens (tertiary/aromatic N) is 1. The zero-order valence-electron chi connectivity index (χ0n) is 18.9. The predicted molar refractivity (Wildman–Crippen MR) is 126 cm³/mol. The summed E-state index contributed by atoms with van der Waals surface area (Å²) in [6, 6.07) is 18.1. The summed E-state index contributed by atoms with van der Waals surface area (Å²) in [5.41, 5.74) is 5.32. The van der Waals surface area contributed by atoms with Crippen LogP contribution in [0.3, 0.4) is 0 Å². The van der Waals surface area contributed by atoms with Crippen LogP contribution >= 0.6 is 0 Å². The highest BCUT2D eigenvalue weighted by molar-refractivity contribution is 5.86. The van der Waals surface area contributed by atoms with E-state index in [1.165, 1.54) is 11.1 Å². The van der Waals surface area contributed by atoms with Crippen molar-refractivity contribution in [3.05, 3.63) is 83.3 Å². The summed E-state index contributed by atoms with van der Waals surface area (Å²) >= 11 is 0. The normalized spacial score (nSPS) is 11.7. The smallest absolute Gasteiger partial charge is 0.412 e. The molecule has 1 aromatic heterocycles. The zero-order chi connectivity index (χ0) is 22.2. The molecule has 0 saturated carbocycles. The number of amides is 1. The van der Waals surface area contributed by atoms with E-state index < -0.39 is 12.2 Å². The average Bonchev–Trinajstić information content (AvgIpc) is 3.30. The van der Waals surface area contributed by atoms with Crippen LogP contribution in [0.25, 0.3) is 0 Å². The summed E-state index contributed by atoms with van der Waals surface area (Å²) in [4.78, 5) is 14.9. The third-order valence-corrected chi connectivity index (χ3v) is 5.50. The lowest BCUT2D eigenvalue weighted by Crippen LogP contribution is -2.22. The zero-order valence-corrected chi connectivity index (χ0v) is 18.9. The second kappa shape index (κ2) is 10.7. The fourth-order valence-electron chi connectivity index (χ4n) is 3.63. The van der Waals surface area contributed by atoms with Gasteiger partial charge in [-0.15, -0.1) is 0 Å². The maximum atomic E-state index is 12.7. The third kappa shape index (κ3) is 6.14. The molecule has 1 unspecified atom stereocenters. The van der Waals surface area contributed by atoms with Crippen molar-refractivity contribution < 1.29 is 13.9 Å². The maximum Gasteiger partial charge on any atom is 0.412 e. The van der Waals surface area contributed by atoms with Gasteiger partial charge >= 0.3 is 6.09 Å². The molecule has 0 aliphatic carbocycles. The minimum Gasteiger partial charge on any atom is -0.465 e. The number of ether oxygens (including phenoxy) is 1. The Morgan fingerprint density at radius 3 is 2.42 bits per heavy atom. The van der Waals surface area contributed by atoms with E-state index in [0.717, 1.165) is 36.4 Å². The van der Waals surface area contributed by atoms with Gasteiger partial charge in [-0.05, 0) is 82.0 Å². The van der Waals surface area contributed by atoms with Crippen LogP contribution in [-0.4, -0.2) is 19.2 Å². The van der Waals surface area contributed by atoms with E-state index in [2.05, 4.69) is 61.3 Å².